The zero-order chi connectivity index (χ0) is 11.2. The van der Waals surface area contributed by atoms with Crippen molar-refractivity contribution in [2.75, 3.05) is 13.1 Å². The van der Waals surface area contributed by atoms with Gasteiger partial charge >= 0.3 is 0 Å². The van der Waals surface area contributed by atoms with Crippen molar-refractivity contribution in [1.82, 2.24) is 5.32 Å². The van der Waals surface area contributed by atoms with Crippen LogP contribution >= 0.6 is 11.8 Å². The average molecular weight is 240 g/mol. The molecule has 0 amide bonds. The molecule has 3 heteroatoms. The Morgan fingerprint density at radius 1 is 1.38 bits per heavy atom. The van der Waals surface area contributed by atoms with E-state index < -0.39 is 0 Å². The van der Waals surface area contributed by atoms with Crippen molar-refractivity contribution in [2.45, 2.75) is 57.1 Å². The van der Waals surface area contributed by atoms with Gasteiger partial charge in [-0.05, 0) is 25.2 Å². The third kappa shape index (κ3) is 3.69. The number of thioether (sulfide) groups is 1. The van der Waals surface area contributed by atoms with Crippen molar-refractivity contribution < 1.29 is 0 Å². The van der Waals surface area contributed by atoms with Gasteiger partial charge in [0.25, 0.3) is 0 Å². The van der Waals surface area contributed by atoms with E-state index in [2.05, 4.69) is 17.2 Å². The van der Waals surface area contributed by atoms with Crippen LogP contribution in [-0.2, 0) is 0 Å². The average Bonchev–Trinajstić information content (AvgIpc) is 2.95. The highest BCUT2D eigenvalue weighted by Crippen LogP contribution is 2.28. The molecule has 2 nitrogen and oxygen atoms in total. The summed E-state index contributed by atoms with van der Waals surface area (Å²) in [5.74, 6) is 1.03. The molecule has 1 unspecified atom stereocenters. The first-order chi connectivity index (χ1) is 7.88. The van der Waals surface area contributed by atoms with E-state index in [0.29, 0.717) is 0 Å². The minimum absolute atomic E-state index is 0.734. The molecule has 0 spiro atoms. The predicted octanol–water partition coefficient (Wildman–Crippen LogP) is 3.43. The van der Waals surface area contributed by atoms with E-state index in [1.54, 1.807) is 0 Å². The highest BCUT2D eigenvalue weighted by atomic mass is 32.2. The summed E-state index contributed by atoms with van der Waals surface area (Å²) in [6.07, 6.45) is 9.88. The van der Waals surface area contributed by atoms with Gasteiger partial charge in [-0.25, -0.2) is 0 Å². The maximum absolute atomic E-state index is 4.53. The Bertz CT molecular complexity index is 234. The van der Waals surface area contributed by atoms with Crippen LogP contribution in [0.15, 0.2) is 4.99 Å². The largest absolute Gasteiger partial charge is 0.365 e. The van der Waals surface area contributed by atoms with Crippen LogP contribution in [0.3, 0.4) is 0 Å². The van der Waals surface area contributed by atoms with E-state index in [4.69, 9.17) is 0 Å². The number of hydrogen-bond acceptors (Lipinski definition) is 3. The van der Waals surface area contributed by atoms with Crippen LogP contribution in [0.5, 0.6) is 0 Å². The first-order valence-electron chi connectivity index (χ1n) is 6.83. The summed E-state index contributed by atoms with van der Waals surface area (Å²) in [7, 11) is 0. The van der Waals surface area contributed by atoms with Crippen LogP contribution in [0, 0.1) is 5.92 Å². The standard InChI is InChI=1S/C13H24N2S/c1-2-12-10-15-13(16-12)14-9-5-8-11-6-3-4-7-11/h11-12H,2-10H2,1H3,(H,14,15). The lowest BCUT2D eigenvalue weighted by molar-refractivity contribution is 0.482. The molecule has 0 aromatic heterocycles. The smallest absolute Gasteiger partial charge is 0.156 e. The van der Waals surface area contributed by atoms with Crippen molar-refractivity contribution in [2.24, 2.45) is 10.9 Å². The summed E-state index contributed by atoms with van der Waals surface area (Å²) in [6.45, 7) is 4.39. The van der Waals surface area contributed by atoms with Gasteiger partial charge < -0.3 is 5.32 Å². The lowest BCUT2D eigenvalue weighted by atomic mass is 10.0. The number of amidine groups is 1. The number of hydrogen-bond donors (Lipinski definition) is 1. The summed E-state index contributed by atoms with van der Waals surface area (Å²) >= 11 is 1.93. The van der Waals surface area contributed by atoms with Crippen LogP contribution in [-0.4, -0.2) is 23.5 Å². The lowest BCUT2D eigenvalue weighted by Gasteiger charge is -2.10. The Balaban J connectivity index is 1.51. The molecule has 1 aliphatic heterocycles. The fraction of sp³-hybridized carbons (Fsp3) is 0.923. The Labute approximate surface area is 104 Å². The Hall–Kier alpha value is -0.180. The zero-order valence-corrected chi connectivity index (χ0v) is 11.2. The van der Waals surface area contributed by atoms with Gasteiger partial charge in [-0.1, -0.05) is 44.4 Å². The number of nitrogens with zero attached hydrogens (tertiary/aromatic N) is 1. The first kappa shape index (κ1) is 12.3. The van der Waals surface area contributed by atoms with Crippen LogP contribution in [0.1, 0.15) is 51.9 Å². The monoisotopic (exact) mass is 240 g/mol. The second-order valence-corrected chi connectivity index (χ2v) is 6.30. The van der Waals surface area contributed by atoms with Gasteiger partial charge in [-0.3, -0.25) is 4.99 Å². The van der Waals surface area contributed by atoms with Crippen LogP contribution < -0.4 is 5.32 Å². The van der Waals surface area contributed by atoms with E-state index in [1.807, 2.05) is 11.8 Å². The summed E-state index contributed by atoms with van der Waals surface area (Å²) < 4.78 is 0. The van der Waals surface area contributed by atoms with Gasteiger partial charge in [0, 0.05) is 11.8 Å². The van der Waals surface area contributed by atoms with Gasteiger partial charge in [0.15, 0.2) is 5.17 Å². The van der Waals surface area contributed by atoms with Gasteiger partial charge in [0.05, 0.1) is 6.54 Å². The van der Waals surface area contributed by atoms with E-state index in [9.17, 15) is 0 Å². The van der Waals surface area contributed by atoms with Crippen LogP contribution in [0.25, 0.3) is 0 Å². The minimum atomic E-state index is 0.734. The van der Waals surface area contributed by atoms with Crippen LogP contribution in [0.4, 0.5) is 0 Å². The second-order valence-electron chi connectivity index (χ2n) is 5.01. The van der Waals surface area contributed by atoms with Gasteiger partial charge in [-0.15, -0.1) is 0 Å². The predicted molar refractivity (Wildman–Crippen MR) is 73.2 cm³/mol. The quantitative estimate of drug-likeness (QED) is 0.745. The number of aliphatic imine (C=N–C) groups is 1. The van der Waals surface area contributed by atoms with Crippen LogP contribution in [0.2, 0.25) is 0 Å². The molecule has 0 aromatic rings. The second kappa shape index (κ2) is 6.53. The number of rotatable bonds is 5. The Morgan fingerprint density at radius 3 is 2.88 bits per heavy atom. The molecule has 1 atom stereocenters. The fourth-order valence-corrected chi connectivity index (χ4v) is 3.58. The molecule has 2 rings (SSSR count). The molecule has 92 valence electrons. The minimum Gasteiger partial charge on any atom is -0.365 e. The molecule has 1 aliphatic carbocycles. The molecular weight excluding hydrogens is 216 g/mol. The van der Waals surface area contributed by atoms with E-state index in [1.165, 1.54) is 50.1 Å². The highest BCUT2D eigenvalue weighted by Gasteiger charge is 2.17. The molecule has 0 saturated heterocycles. The Kier molecular flexibility index (Phi) is 5.01. The summed E-state index contributed by atoms with van der Waals surface area (Å²) in [4.78, 5) is 4.53. The van der Waals surface area contributed by atoms with Crippen molar-refractivity contribution in [3.8, 4) is 0 Å². The normalized spacial score (nSPS) is 26.1. The van der Waals surface area contributed by atoms with E-state index in [0.717, 1.165) is 24.3 Å². The molecule has 1 heterocycles. The molecule has 1 saturated carbocycles. The topological polar surface area (TPSA) is 24.4 Å². The lowest BCUT2D eigenvalue weighted by Crippen LogP contribution is -2.21. The molecule has 0 radical (unpaired) electrons. The Morgan fingerprint density at radius 2 is 2.19 bits per heavy atom. The summed E-state index contributed by atoms with van der Waals surface area (Å²) in [6, 6.07) is 0. The van der Waals surface area contributed by atoms with Crippen molar-refractivity contribution in [3.63, 3.8) is 0 Å². The van der Waals surface area contributed by atoms with Gasteiger partial charge in [-0.2, -0.15) is 0 Å². The molecule has 16 heavy (non-hydrogen) atoms. The molecule has 2 aliphatic rings. The SMILES string of the molecule is CCC1CN=C(NCCCC2CCCC2)S1. The zero-order valence-electron chi connectivity index (χ0n) is 10.4. The highest BCUT2D eigenvalue weighted by molar-refractivity contribution is 8.14. The van der Waals surface area contributed by atoms with Gasteiger partial charge in [0.2, 0.25) is 0 Å². The molecule has 1 N–H and O–H groups in total. The summed E-state index contributed by atoms with van der Waals surface area (Å²) in [5.41, 5.74) is 0. The van der Waals surface area contributed by atoms with E-state index in [-0.39, 0.29) is 0 Å². The number of nitrogens with one attached hydrogen (secondary N) is 1. The van der Waals surface area contributed by atoms with Crippen molar-refractivity contribution >= 4 is 16.9 Å². The first-order valence-corrected chi connectivity index (χ1v) is 7.71. The molecule has 1 fully saturated rings. The molecular formula is C13H24N2S. The van der Waals surface area contributed by atoms with Gasteiger partial charge in [0.1, 0.15) is 0 Å². The van der Waals surface area contributed by atoms with Crippen molar-refractivity contribution in [1.29, 1.82) is 0 Å². The molecule has 0 bridgehead atoms. The third-order valence-corrected chi connectivity index (χ3v) is 5.02. The maximum Gasteiger partial charge on any atom is 0.156 e. The fourth-order valence-electron chi connectivity index (χ4n) is 2.61. The third-order valence-electron chi connectivity index (χ3n) is 3.71. The molecule has 0 aromatic carbocycles. The maximum atomic E-state index is 4.53. The van der Waals surface area contributed by atoms with Crippen molar-refractivity contribution in [3.05, 3.63) is 0 Å². The van der Waals surface area contributed by atoms with E-state index >= 15 is 0 Å². The summed E-state index contributed by atoms with van der Waals surface area (Å²) in [5, 5.41) is 5.41.